The van der Waals surface area contributed by atoms with E-state index >= 15 is 0 Å². The zero-order chi connectivity index (χ0) is 30.4. The number of para-hydroxylation sites is 1. The molecule has 9 nitrogen and oxygen atoms in total. The summed E-state index contributed by atoms with van der Waals surface area (Å²) in [5.74, 6) is -0.535. The molecule has 0 atom stereocenters. The van der Waals surface area contributed by atoms with Gasteiger partial charge in [0.1, 0.15) is 16.5 Å². The van der Waals surface area contributed by atoms with Crippen molar-refractivity contribution in [2.45, 2.75) is 95.3 Å². The Morgan fingerprint density at radius 2 is 1.50 bits per heavy atom. The van der Waals surface area contributed by atoms with Crippen LogP contribution in [0.2, 0.25) is 0 Å². The summed E-state index contributed by atoms with van der Waals surface area (Å²) in [6.07, 6.45) is 14.5. The van der Waals surface area contributed by atoms with Gasteiger partial charge >= 0.3 is 5.97 Å². The molecule has 2 aromatic rings. The van der Waals surface area contributed by atoms with E-state index in [0.29, 0.717) is 12.4 Å². The van der Waals surface area contributed by atoms with Crippen LogP contribution in [0.15, 0.2) is 52.4 Å². The van der Waals surface area contributed by atoms with E-state index in [1.807, 2.05) is 0 Å². The molecule has 0 aromatic heterocycles. The van der Waals surface area contributed by atoms with E-state index in [4.69, 9.17) is 9.47 Å². The molecule has 0 saturated heterocycles. The number of unbranched alkanes of at least 4 members (excludes halogenated alkanes) is 11. The number of amidine groups is 1. The Hall–Kier alpha value is -3.40. The smallest absolute Gasteiger partial charge is 0.338 e. The van der Waals surface area contributed by atoms with Gasteiger partial charge in [0.2, 0.25) is 5.91 Å². The number of nitrogens with zero attached hydrogens (tertiary/aromatic N) is 2. The van der Waals surface area contributed by atoms with Crippen molar-refractivity contribution in [2.24, 2.45) is 4.99 Å². The molecule has 0 saturated carbocycles. The normalized spacial score (nSPS) is 13.7. The highest BCUT2D eigenvalue weighted by atomic mass is 32.2. The molecule has 1 N–H and O–H groups in total. The number of fused-ring (bicyclic) bond motifs is 1. The minimum absolute atomic E-state index is 0.0862. The Morgan fingerprint density at radius 3 is 2.14 bits per heavy atom. The van der Waals surface area contributed by atoms with Crippen LogP contribution in [0.25, 0.3) is 0 Å². The van der Waals surface area contributed by atoms with Gasteiger partial charge in [-0.1, -0.05) is 89.7 Å². The van der Waals surface area contributed by atoms with Crippen LogP contribution in [0.4, 0.5) is 11.4 Å². The van der Waals surface area contributed by atoms with Crippen molar-refractivity contribution in [2.75, 3.05) is 26.1 Å². The van der Waals surface area contributed by atoms with Crippen LogP contribution < -0.4 is 10.1 Å². The minimum atomic E-state index is -3.81. The topological polar surface area (TPSA) is 114 Å². The molecule has 0 unspecified atom stereocenters. The van der Waals surface area contributed by atoms with Crippen molar-refractivity contribution in [1.82, 2.24) is 4.31 Å². The predicted octanol–water partition coefficient (Wildman–Crippen LogP) is 7.25. The van der Waals surface area contributed by atoms with Crippen LogP contribution in [-0.2, 0) is 19.6 Å². The lowest BCUT2D eigenvalue weighted by atomic mass is 10.1. The first-order valence-electron chi connectivity index (χ1n) is 15.1. The molecule has 2 aromatic carbocycles. The fourth-order valence-corrected chi connectivity index (χ4v) is 6.18. The second-order valence-electron chi connectivity index (χ2n) is 10.6. The Balaban J connectivity index is 1.45. The van der Waals surface area contributed by atoms with Crippen LogP contribution in [0, 0.1) is 0 Å². The second kappa shape index (κ2) is 16.9. The van der Waals surface area contributed by atoms with Gasteiger partial charge in [0.05, 0.1) is 37.1 Å². The van der Waals surface area contributed by atoms with E-state index < -0.39 is 21.9 Å². The largest absolute Gasteiger partial charge is 0.495 e. The number of anilines is 1. The SMILES string of the molecule is CCCCCCCCCCCCCCOC(=O)c1ccc(OC)c(NC(=O)CC2=Nc3ccccc3S(=O)(=O)N2C)c1. The third-order valence-corrected chi connectivity index (χ3v) is 9.21. The number of sulfonamides is 1. The summed E-state index contributed by atoms with van der Waals surface area (Å²) >= 11 is 0. The molecule has 1 aliphatic heterocycles. The highest BCUT2D eigenvalue weighted by molar-refractivity contribution is 7.90. The van der Waals surface area contributed by atoms with E-state index in [1.54, 1.807) is 30.3 Å². The Labute approximate surface area is 250 Å². The standard InChI is InChI=1S/C32H45N3O6S/c1-4-5-6-7-8-9-10-11-12-13-14-17-22-41-32(37)25-20-21-28(40-3)27(23-25)34-31(36)24-30-33-26-18-15-16-19-29(26)42(38,39)35(30)2/h15-16,18-21,23H,4-14,17,22,24H2,1-3H3,(H,34,36). The molecule has 1 heterocycles. The molecule has 10 heteroatoms. The van der Waals surface area contributed by atoms with E-state index in [0.717, 1.165) is 23.6 Å². The van der Waals surface area contributed by atoms with Gasteiger partial charge in [-0.3, -0.25) is 9.10 Å². The van der Waals surface area contributed by atoms with Gasteiger partial charge in [0, 0.05) is 7.05 Å². The average Bonchev–Trinajstić information content (AvgIpc) is 2.98. The Morgan fingerprint density at radius 1 is 0.881 bits per heavy atom. The van der Waals surface area contributed by atoms with Gasteiger partial charge in [0.25, 0.3) is 10.0 Å². The van der Waals surface area contributed by atoms with Crippen LogP contribution in [0.1, 0.15) is 101 Å². The van der Waals surface area contributed by atoms with Crippen molar-refractivity contribution in [3.63, 3.8) is 0 Å². The number of nitrogens with one attached hydrogen (secondary N) is 1. The highest BCUT2D eigenvalue weighted by Crippen LogP contribution is 2.32. The van der Waals surface area contributed by atoms with Gasteiger partial charge < -0.3 is 14.8 Å². The number of hydrogen-bond acceptors (Lipinski definition) is 7. The maximum absolute atomic E-state index is 12.9. The fourth-order valence-electron chi connectivity index (χ4n) is 4.88. The lowest BCUT2D eigenvalue weighted by Crippen LogP contribution is -2.37. The first kappa shape index (κ1) is 33.1. The predicted molar refractivity (Wildman–Crippen MR) is 166 cm³/mol. The Kier molecular flexibility index (Phi) is 13.3. The number of ether oxygens (including phenoxy) is 2. The first-order chi connectivity index (χ1) is 20.3. The van der Waals surface area contributed by atoms with Crippen molar-refractivity contribution in [3.05, 3.63) is 48.0 Å². The summed E-state index contributed by atoms with van der Waals surface area (Å²) in [6.45, 7) is 2.58. The summed E-state index contributed by atoms with van der Waals surface area (Å²) in [6, 6.07) is 11.1. The van der Waals surface area contributed by atoms with E-state index in [-0.39, 0.29) is 34.1 Å². The van der Waals surface area contributed by atoms with Crippen molar-refractivity contribution >= 4 is 39.1 Å². The molecule has 0 fully saturated rings. The van der Waals surface area contributed by atoms with Crippen LogP contribution >= 0.6 is 0 Å². The molecular weight excluding hydrogens is 554 g/mol. The van der Waals surface area contributed by atoms with Gasteiger partial charge in [-0.2, -0.15) is 0 Å². The van der Waals surface area contributed by atoms with Gasteiger partial charge in [-0.15, -0.1) is 0 Å². The minimum Gasteiger partial charge on any atom is -0.495 e. The number of benzene rings is 2. The fraction of sp³-hybridized carbons (Fsp3) is 0.531. The lowest BCUT2D eigenvalue weighted by Gasteiger charge is -2.26. The lowest BCUT2D eigenvalue weighted by molar-refractivity contribution is -0.115. The third-order valence-electron chi connectivity index (χ3n) is 7.38. The summed E-state index contributed by atoms with van der Waals surface area (Å²) in [5.41, 5.74) is 0.854. The number of methoxy groups -OCH3 is 1. The maximum Gasteiger partial charge on any atom is 0.338 e. The van der Waals surface area contributed by atoms with Crippen molar-refractivity contribution in [1.29, 1.82) is 0 Å². The molecule has 230 valence electrons. The molecule has 0 radical (unpaired) electrons. The highest BCUT2D eigenvalue weighted by Gasteiger charge is 2.32. The van der Waals surface area contributed by atoms with Gasteiger partial charge in [-0.25, -0.2) is 18.2 Å². The molecular formula is C32H45N3O6S. The zero-order valence-corrected chi connectivity index (χ0v) is 26.0. The Bertz CT molecular complexity index is 1330. The number of aliphatic imine (C=N–C) groups is 1. The van der Waals surface area contributed by atoms with Crippen LogP contribution in [0.3, 0.4) is 0 Å². The average molecular weight is 600 g/mol. The number of hydrogen-bond donors (Lipinski definition) is 1. The van der Waals surface area contributed by atoms with Crippen molar-refractivity contribution in [3.8, 4) is 5.75 Å². The summed E-state index contributed by atoms with van der Waals surface area (Å²) in [4.78, 5) is 30.1. The molecule has 0 aliphatic carbocycles. The number of carbonyl (C=O) groups is 2. The monoisotopic (exact) mass is 599 g/mol. The summed E-state index contributed by atoms with van der Waals surface area (Å²) < 4.78 is 37.5. The van der Waals surface area contributed by atoms with Crippen LogP contribution in [-0.4, -0.2) is 51.2 Å². The molecule has 1 amide bonds. The number of esters is 1. The first-order valence-corrected chi connectivity index (χ1v) is 16.5. The van der Waals surface area contributed by atoms with Gasteiger partial charge in [-0.05, 0) is 36.8 Å². The van der Waals surface area contributed by atoms with Crippen LogP contribution in [0.5, 0.6) is 5.75 Å². The molecule has 3 rings (SSSR count). The molecule has 1 aliphatic rings. The molecule has 0 spiro atoms. The maximum atomic E-state index is 12.9. The summed E-state index contributed by atoms with van der Waals surface area (Å²) in [7, 11) is -0.983. The molecule has 0 bridgehead atoms. The second-order valence-corrected chi connectivity index (χ2v) is 12.6. The number of carbonyl (C=O) groups excluding carboxylic acids is 2. The summed E-state index contributed by atoms with van der Waals surface area (Å²) in [5, 5.41) is 2.72. The van der Waals surface area contributed by atoms with E-state index in [2.05, 4.69) is 17.2 Å². The number of rotatable bonds is 18. The third kappa shape index (κ3) is 9.58. The zero-order valence-electron chi connectivity index (χ0n) is 25.2. The quantitative estimate of drug-likeness (QED) is 0.143. The van der Waals surface area contributed by atoms with Crippen molar-refractivity contribution < 1.29 is 27.5 Å². The van der Waals surface area contributed by atoms with E-state index in [9.17, 15) is 18.0 Å². The van der Waals surface area contributed by atoms with Gasteiger partial charge in [0.15, 0.2) is 0 Å². The van der Waals surface area contributed by atoms with E-state index in [1.165, 1.54) is 84.1 Å². The number of amides is 1. The molecule has 42 heavy (non-hydrogen) atoms.